The number of furan rings is 1. The number of hydrogen-bond donors (Lipinski definition) is 2. The summed E-state index contributed by atoms with van der Waals surface area (Å²) in [5.74, 6) is 1.04. The average Bonchev–Trinajstić information content (AvgIpc) is 3.05. The number of amides is 1. The third-order valence-electron chi connectivity index (χ3n) is 4.03. The van der Waals surface area contributed by atoms with E-state index < -0.39 is 10.0 Å². The molecule has 0 radical (unpaired) electrons. The molecule has 2 atom stereocenters. The summed E-state index contributed by atoms with van der Waals surface area (Å²) in [7, 11) is -1.66. The van der Waals surface area contributed by atoms with Crippen LogP contribution in [0.2, 0.25) is 0 Å². The molecule has 7 nitrogen and oxygen atoms in total. The molecule has 1 aromatic rings. The van der Waals surface area contributed by atoms with Crippen LogP contribution < -0.4 is 10.0 Å². The Balaban J connectivity index is 2.01. The predicted octanol–water partition coefficient (Wildman–Crippen LogP) is 0.789. The molecule has 1 aliphatic heterocycles. The number of likely N-dealkylation sites (tertiary alicyclic amines) is 1. The van der Waals surface area contributed by atoms with Gasteiger partial charge in [0.25, 0.3) is 5.91 Å². The second kappa shape index (κ2) is 7.46. The molecular weight excluding hydrogens is 318 g/mol. The molecule has 1 aromatic heterocycles. The van der Waals surface area contributed by atoms with Crippen LogP contribution in [0, 0.1) is 5.92 Å². The number of hydrogen-bond acceptors (Lipinski definition) is 5. The van der Waals surface area contributed by atoms with Crippen LogP contribution in [-0.2, 0) is 16.6 Å². The van der Waals surface area contributed by atoms with Gasteiger partial charge in [0.15, 0.2) is 5.76 Å². The lowest BCUT2D eigenvalue weighted by Gasteiger charge is -2.17. The maximum absolute atomic E-state index is 11.5. The van der Waals surface area contributed by atoms with Gasteiger partial charge in [0.2, 0.25) is 10.0 Å². The van der Waals surface area contributed by atoms with Crippen LogP contribution in [0.25, 0.3) is 0 Å². The highest BCUT2D eigenvalue weighted by Crippen LogP contribution is 2.24. The van der Waals surface area contributed by atoms with Crippen LogP contribution in [0.4, 0.5) is 0 Å². The highest BCUT2D eigenvalue weighted by Gasteiger charge is 2.34. The van der Waals surface area contributed by atoms with Crippen molar-refractivity contribution in [3.8, 4) is 0 Å². The highest BCUT2D eigenvalue weighted by molar-refractivity contribution is 7.88. The molecule has 2 heterocycles. The predicted molar refractivity (Wildman–Crippen MR) is 87.5 cm³/mol. The molecule has 1 saturated heterocycles. The van der Waals surface area contributed by atoms with Crippen LogP contribution in [0.5, 0.6) is 0 Å². The molecule has 23 heavy (non-hydrogen) atoms. The summed E-state index contributed by atoms with van der Waals surface area (Å²) < 4.78 is 31.3. The Hall–Kier alpha value is -1.38. The van der Waals surface area contributed by atoms with Crippen LogP contribution in [0.15, 0.2) is 16.5 Å². The summed E-state index contributed by atoms with van der Waals surface area (Å²) in [6.45, 7) is 4.13. The minimum atomic E-state index is -3.22. The van der Waals surface area contributed by atoms with Gasteiger partial charge in [-0.1, -0.05) is 13.3 Å². The van der Waals surface area contributed by atoms with E-state index in [9.17, 15) is 13.2 Å². The van der Waals surface area contributed by atoms with Crippen molar-refractivity contribution in [1.82, 2.24) is 14.9 Å². The maximum atomic E-state index is 11.5. The molecule has 0 unspecified atom stereocenters. The van der Waals surface area contributed by atoms with Crippen molar-refractivity contribution in [2.45, 2.75) is 32.4 Å². The van der Waals surface area contributed by atoms with Gasteiger partial charge in [-0.2, -0.15) is 0 Å². The lowest BCUT2D eigenvalue weighted by Crippen LogP contribution is -2.39. The van der Waals surface area contributed by atoms with Gasteiger partial charge in [-0.25, -0.2) is 13.1 Å². The van der Waals surface area contributed by atoms with Gasteiger partial charge in [-0.15, -0.1) is 0 Å². The molecule has 1 amide bonds. The Morgan fingerprint density at radius 3 is 2.74 bits per heavy atom. The number of carbonyl (C=O) groups is 1. The SMILES string of the molecule is CCC[C@@H]1CN(Cc2ccc(C(=O)NC)o2)C[C@H]1NS(C)(=O)=O. The van der Waals surface area contributed by atoms with Crippen molar-refractivity contribution in [1.29, 1.82) is 0 Å². The zero-order valence-corrected chi connectivity index (χ0v) is 14.6. The first-order chi connectivity index (χ1) is 10.8. The Morgan fingerprint density at radius 1 is 1.39 bits per heavy atom. The molecule has 1 aliphatic rings. The lowest BCUT2D eigenvalue weighted by molar-refractivity contribution is 0.0932. The third kappa shape index (κ3) is 5.05. The molecule has 130 valence electrons. The topological polar surface area (TPSA) is 91.7 Å². The van der Waals surface area contributed by atoms with Gasteiger partial charge in [-0.05, 0) is 24.5 Å². The highest BCUT2D eigenvalue weighted by atomic mass is 32.2. The van der Waals surface area contributed by atoms with Gasteiger partial charge < -0.3 is 9.73 Å². The first kappa shape index (κ1) is 18.0. The van der Waals surface area contributed by atoms with Crippen LogP contribution in [-0.4, -0.2) is 51.7 Å². The van der Waals surface area contributed by atoms with E-state index in [4.69, 9.17) is 4.42 Å². The fraction of sp³-hybridized carbons (Fsp3) is 0.667. The van der Waals surface area contributed by atoms with Crippen LogP contribution in [0.1, 0.15) is 36.1 Å². The quantitative estimate of drug-likeness (QED) is 0.764. The Labute approximate surface area is 137 Å². The smallest absolute Gasteiger partial charge is 0.286 e. The fourth-order valence-corrected chi connectivity index (χ4v) is 3.91. The van der Waals surface area contributed by atoms with E-state index in [2.05, 4.69) is 21.9 Å². The normalized spacial score (nSPS) is 22.4. The second-order valence-corrected chi connectivity index (χ2v) is 7.86. The van der Waals surface area contributed by atoms with Crippen molar-refractivity contribution >= 4 is 15.9 Å². The molecule has 1 fully saturated rings. The number of rotatable bonds is 7. The van der Waals surface area contributed by atoms with Crippen molar-refractivity contribution in [3.63, 3.8) is 0 Å². The molecule has 2 N–H and O–H groups in total. The van der Waals surface area contributed by atoms with Gasteiger partial charge >= 0.3 is 0 Å². The summed E-state index contributed by atoms with van der Waals surface area (Å²) in [6.07, 6.45) is 3.19. The number of carbonyl (C=O) groups excluding carboxylic acids is 1. The molecule has 0 aliphatic carbocycles. The van der Waals surface area contributed by atoms with E-state index in [0.717, 1.165) is 19.4 Å². The summed E-state index contributed by atoms with van der Waals surface area (Å²) in [5.41, 5.74) is 0. The van der Waals surface area contributed by atoms with Gasteiger partial charge in [0.1, 0.15) is 5.76 Å². The Bertz CT molecular complexity index is 641. The molecule has 0 bridgehead atoms. The molecular formula is C15H25N3O4S. The minimum absolute atomic E-state index is 0.0710. The largest absolute Gasteiger partial charge is 0.455 e. The molecule has 0 saturated carbocycles. The van der Waals surface area contributed by atoms with Gasteiger partial charge in [0.05, 0.1) is 12.8 Å². The third-order valence-corrected chi connectivity index (χ3v) is 4.76. The van der Waals surface area contributed by atoms with Crippen molar-refractivity contribution in [2.75, 3.05) is 26.4 Å². The standard InChI is InChI=1S/C15H25N3O4S/c1-4-5-11-8-18(10-13(11)17-23(3,20)21)9-12-6-7-14(22-12)15(19)16-2/h6-7,11,13,17H,4-5,8-10H2,1-3H3,(H,16,19)/t11-,13-/m1/s1. The number of sulfonamides is 1. The summed E-state index contributed by atoms with van der Waals surface area (Å²) in [6, 6.07) is 3.37. The Morgan fingerprint density at radius 2 is 2.13 bits per heavy atom. The fourth-order valence-electron chi connectivity index (χ4n) is 3.09. The summed E-state index contributed by atoms with van der Waals surface area (Å²) in [5, 5.41) is 2.52. The van der Waals surface area contributed by atoms with Crippen LogP contribution >= 0.6 is 0 Å². The molecule has 0 spiro atoms. The van der Waals surface area contributed by atoms with E-state index in [0.29, 0.717) is 24.8 Å². The first-order valence-corrected chi connectivity index (χ1v) is 9.72. The summed E-state index contributed by atoms with van der Waals surface area (Å²) in [4.78, 5) is 13.7. The second-order valence-electron chi connectivity index (χ2n) is 6.08. The summed E-state index contributed by atoms with van der Waals surface area (Å²) >= 11 is 0. The van der Waals surface area contributed by atoms with E-state index in [1.165, 1.54) is 6.26 Å². The van der Waals surface area contributed by atoms with Crippen molar-refractivity contribution < 1.29 is 17.6 Å². The zero-order chi connectivity index (χ0) is 17.0. The van der Waals surface area contributed by atoms with E-state index >= 15 is 0 Å². The van der Waals surface area contributed by atoms with Crippen molar-refractivity contribution in [3.05, 3.63) is 23.7 Å². The molecule has 2 rings (SSSR count). The lowest BCUT2D eigenvalue weighted by atomic mass is 9.99. The minimum Gasteiger partial charge on any atom is -0.455 e. The number of nitrogens with zero attached hydrogens (tertiary/aromatic N) is 1. The average molecular weight is 343 g/mol. The molecule has 8 heteroatoms. The van der Waals surface area contributed by atoms with Crippen molar-refractivity contribution in [2.24, 2.45) is 5.92 Å². The van der Waals surface area contributed by atoms with Gasteiger partial charge in [0, 0.05) is 26.2 Å². The monoisotopic (exact) mass is 343 g/mol. The van der Waals surface area contributed by atoms with Gasteiger partial charge in [-0.3, -0.25) is 9.69 Å². The van der Waals surface area contributed by atoms with E-state index in [1.807, 2.05) is 0 Å². The first-order valence-electron chi connectivity index (χ1n) is 7.82. The van der Waals surface area contributed by atoms with E-state index in [-0.39, 0.29) is 17.7 Å². The van der Waals surface area contributed by atoms with Crippen LogP contribution in [0.3, 0.4) is 0 Å². The number of nitrogens with one attached hydrogen (secondary N) is 2. The van der Waals surface area contributed by atoms with E-state index in [1.54, 1.807) is 19.2 Å². The Kier molecular flexibility index (Phi) is 5.83. The molecule has 0 aromatic carbocycles. The maximum Gasteiger partial charge on any atom is 0.286 e. The zero-order valence-electron chi connectivity index (χ0n) is 13.8.